The molecule has 0 spiro atoms. The van der Waals surface area contributed by atoms with Gasteiger partial charge in [-0.05, 0) is 50.7 Å². The van der Waals surface area contributed by atoms with Gasteiger partial charge in [0.05, 0.1) is 19.1 Å². The van der Waals surface area contributed by atoms with Gasteiger partial charge in [0.25, 0.3) is 5.91 Å². The lowest BCUT2D eigenvalue weighted by Gasteiger charge is -2.36. The smallest absolute Gasteiger partial charge is 0.308 e. The molecule has 1 aliphatic heterocycles. The normalized spacial score (nSPS) is 15.2. The van der Waals surface area contributed by atoms with E-state index in [1.54, 1.807) is 29.2 Å². The Labute approximate surface area is 233 Å². The number of carbonyl (C=O) groups is 3. The second kappa shape index (κ2) is 17.8. The molecule has 0 radical (unpaired) electrons. The zero-order valence-electron chi connectivity index (χ0n) is 23.3. The molecular formula is C29H45N3O5S. The largest absolute Gasteiger partial charge is 0.491 e. The molecule has 1 aliphatic rings. The van der Waals surface area contributed by atoms with E-state index < -0.39 is 17.9 Å². The highest BCUT2D eigenvalue weighted by Gasteiger charge is 2.34. The van der Waals surface area contributed by atoms with Crippen LogP contribution >= 0.6 is 12.2 Å². The molecule has 0 aromatic heterocycles. The van der Waals surface area contributed by atoms with Crippen molar-refractivity contribution in [2.75, 3.05) is 19.7 Å². The molecule has 0 bridgehead atoms. The second-order valence-corrected chi connectivity index (χ2v) is 10.4. The maximum absolute atomic E-state index is 12.8. The highest BCUT2D eigenvalue weighted by atomic mass is 32.1. The summed E-state index contributed by atoms with van der Waals surface area (Å²) in [6.45, 7) is 7.15. The lowest BCUT2D eigenvalue weighted by Crippen LogP contribution is -2.60. The summed E-state index contributed by atoms with van der Waals surface area (Å²) in [6.07, 6.45) is 11.9. The molecule has 1 fully saturated rings. The lowest BCUT2D eigenvalue weighted by atomic mass is 10.1. The summed E-state index contributed by atoms with van der Waals surface area (Å²) in [6, 6.07) is 5.99. The molecule has 1 heterocycles. The monoisotopic (exact) mass is 547 g/mol. The molecule has 1 unspecified atom stereocenters. The fourth-order valence-electron chi connectivity index (χ4n) is 4.38. The van der Waals surface area contributed by atoms with Crippen molar-refractivity contribution in [3.05, 3.63) is 29.8 Å². The molecule has 2 amide bonds. The van der Waals surface area contributed by atoms with Gasteiger partial charge in [-0.2, -0.15) is 0 Å². The van der Waals surface area contributed by atoms with E-state index in [0.717, 1.165) is 19.3 Å². The van der Waals surface area contributed by atoms with Crippen LogP contribution in [0.1, 0.15) is 102 Å². The summed E-state index contributed by atoms with van der Waals surface area (Å²) in [5.41, 5.74) is 0.388. The average Bonchev–Trinajstić information content (AvgIpc) is 2.88. The van der Waals surface area contributed by atoms with E-state index >= 15 is 0 Å². The molecule has 212 valence electrons. The number of esters is 1. The predicted molar refractivity (Wildman–Crippen MR) is 153 cm³/mol. The van der Waals surface area contributed by atoms with Crippen molar-refractivity contribution >= 4 is 35.1 Å². The third-order valence-corrected chi connectivity index (χ3v) is 6.74. The maximum Gasteiger partial charge on any atom is 0.308 e. The summed E-state index contributed by atoms with van der Waals surface area (Å²) in [7, 11) is 0. The summed E-state index contributed by atoms with van der Waals surface area (Å²) in [4.78, 5) is 39.4. The van der Waals surface area contributed by atoms with Crippen molar-refractivity contribution < 1.29 is 23.9 Å². The molecule has 1 aromatic carbocycles. The van der Waals surface area contributed by atoms with E-state index in [2.05, 4.69) is 17.6 Å². The third kappa shape index (κ3) is 11.8. The summed E-state index contributed by atoms with van der Waals surface area (Å²) < 4.78 is 11.1. The number of hydrogen-bond acceptors (Lipinski definition) is 6. The van der Waals surface area contributed by atoms with Crippen molar-refractivity contribution in [2.24, 2.45) is 0 Å². The van der Waals surface area contributed by atoms with Gasteiger partial charge < -0.3 is 19.7 Å². The van der Waals surface area contributed by atoms with E-state index in [9.17, 15) is 14.4 Å². The fourth-order valence-corrected chi connectivity index (χ4v) is 4.69. The van der Waals surface area contributed by atoms with E-state index in [1.165, 1.54) is 44.9 Å². The van der Waals surface area contributed by atoms with Crippen molar-refractivity contribution in [1.82, 2.24) is 15.5 Å². The molecule has 1 atom stereocenters. The standard InChI is InChI=1S/C29H45N3O5S/c1-4-5-6-7-8-9-10-11-12-13-19-36-26(33)21-25-28(35)30-17-18-32(25)29(38)31-27(34)23-15-14-16-24(20-23)37-22(2)3/h14-16,20,22,25H,4-13,17-19,21H2,1-3H3,(H,30,35)(H,31,34,38). The number of amides is 2. The van der Waals surface area contributed by atoms with Crippen LogP contribution in [0.3, 0.4) is 0 Å². The number of unbranched alkanes of at least 4 members (excludes halogenated alkanes) is 9. The first-order valence-corrected chi connectivity index (χ1v) is 14.5. The van der Waals surface area contributed by atoms with Crippen molar-refractivity contribution in [1.29, 1.82) is 0 Å². The number of thiocarbonyl (C=S) groups is 1. The van der Waals surface area contributed by atoms with E-state index in [1.807, 2.05) is 13.8 Å². The zero-order chi connectivity index (χ0) is 27.8. The van der Waals surface area contributed by atoms with Crippen molar-refractivity contribution in [2.45, 2.75) is 104 Å². The van der Waals surface area contributed by atoms with Crippen LogP contribution in [0.5, 0.6) is 5.75 Å². The molecule has 1 aromatic rings. The van der Waals surface area contributed by atoms with Gasteiger partial charge in [-0.15, -0.1) is 0 Å². The summed E-state index contributed by atoms with van der Waals surface area (Å²) >= 11 is 5.45. The van der Waals surface area contributed by atoms with Crippen LogP contribution < -0.4 is 15.4 Å². The number of ether oxygens (including phenoxy) is 2. The van der Waals surface area contributed by atoms with Gasteiger partial charge in [0, 0.05) is 18.7 Å². The number of nitrogens with zero attached hydrogens (tertiary/aromatic N) is 1. The van der Waals surface area contributed by atoms with Crippen LogP contribution in [0.25, 0.3) is 0 Å². The van der Waals surface area contributed by atoms with Crippen LogP contribution in [0.2, 0.25) is 0 Å². The van der Waals surface area contributed by atoms with Gasteiger partial charge in [0.2, 0.25) is 5.91 Å². The van der Waals surface area contributed by atoms with Gasteiger partial charge in [0.1, 0.15) is 11.8 Å². The van der Waals surface area contributed by atoms with Crippen LogP contribution in [-0.2, 0) is 14.3 Å². The highest BCUT2D eigenvalue weighted by molar-refractivity contribution is 7.80. The van der Waals surface area contributed by atoms with Crippen molar-refractivity contribution in [3.8, 4) is 5.75 Å². The van der Waals surface area contributed by atoms with Crippen LogP contribution in [0, 0.1) is 0 Å². The van der Waals surface area contributed by atoms with E-state index in [4.69, 9.17) is 21.7 Å². The molecular weight excluding hydrogens is 502 g/mol. The highest BCUT2D eigenvalue weighted by Crippen LogP contribution is 2.16. The number of rotatable bonds is 16. The summed E-state index contributed by atoms with van der Waals surface area (Å²) in [5, 5.41) is 5.56. The number of hydrogen-bond donors (Lipinski definition) is 2. The van der Waals surface area contributed by atoms with Crippen LogP contribution in [0.15, 0.2) is 24.3 Å². The Kier molecular flexibility index (Phi) is 14.7. The number of nitrogens with one attached hydrogen (secondary N) is 2. The second-order valence-electron chi connectivity index (χ2n) is 10.1. The number of carbonyl (C=O) groups excluding carboxylic acids is 3. The quantitative estimate of drug-likeness (QED) is 0.168. The van der Waals surface area contributed by atoms with Crippen LogP contribution in [0.4, 0.5) is 0 Å². The summed E-state index contributed by atoms with van der Waals surface area (Å²) in [5.74, 6) is -0.576. The SMILES string of the molecule is CCCCCCCCCCCCOC(=O)CC1C(=O)NCCN1C(=S)NC(=O)c1cccc(OC(C)C)c1. The predicted octanol–water partition coefficient (Wildman–Crippen LogP) is 5.14. The molecule has 0 saturated carbocycles. The maximum atomic E-state index is 12.8. The minimum Gasteiger partial charge on any atom is -0.491 e. The van der Waals surface area contributed by atoms with Gasteiger partial charge >= 0.3 is 5.97 Å². The Morgan fingerprint density at radius 1 is 1.08 bits per heavy atom. The Bertz CT molecular complexity index is 908. The molecule has 38 heavy (non-hydrogen) atoms. The Hall–Kier alpha value is -2.68. The van der Waals surface area contributed by atoms with Gasteiger partial charge in [0.15, 0.2) is 5.11 Å². The Morgan fingerprint density at radius 3 is 2.39 bits per heavy atom. The first-order valence-electron chi connectivity index (χ1n) is 14.1. The average molecular weight is 548 g/mol. The van der Waals surface area contributed by atoms with Gasteiger partial charge in [-0.25, -0.2) is 0 Å². The first-order chi connectivity index (χ1) is 18.3. The minimum absolute atomic E-state index is 0.0214. The molecule has 1 saturated heterocycles. The topological polar surface area (TPSA) is 97.0 Å². The third-order valence-electron chi connectivity index (χ3n) is 6.40. The van der Waals surface area contributed by atoms with Gasteiger partial charge in [-0.1, -0.05) is 70.8 Å². The molecule has 9 heteroatoms. The van der Waals surface area contributed by atoms with E-state index in [0.29, 0.717) is 31.0 Å². The Balaban J connectivity index is 1.75. The fraction of sp³-hybridized carbons (Fsp3) is 0.655. The van der Waals surface area contributed by atoms with E-state index in [-0.39, 0.29) is 23.5 Å². The van der Waals surface area contributed by atoms with Gasteiger partial charge in [-0.3, -0.25) is 19.7 Å². The van der Waals surface area contributed by atoms with Crippen molar-refractivity contribution in [3.63, 3.8) is 0 Å². The zero-order valence-corrected chi connectivity index (χ0v) is 24.1. The minimum atomic E-state index is -0.827. The number of piperazine rings is 1. The number of benzene rings is 1. The van der Waals surface area contributed by atoms with Crippen LogP contribution in [-0.4, -0.2) is 59.6 Å². The molecule has 2 N–H and O–H groups in total. The molecule has 2 rings (SSSR count). The molecule has 0 aliphatic carbocycles. The lowest BCUT2D eigenvalue weighted by molar-refractivity contribution is -0.147. The first kappa shape index (κ1) is 31.5. The molecule has 8 nitrogen and oxygen atoms in total. The Morgan fingerprint density at radius 2 is 1.74 bits per heavy atom.